The zero-order valence-electron chi connectivity index (χ0n) is 35.6. The summed E-state index contributed by atoms with van der Waals surface area (Å²) in [6, 6.07) is 37.2. The Morgan fingerprint density at radius 3 is 2.02 bits per heavy atom. The molecule has 4 aromatic carbocycles. The predicted octanol–water partition coefficient (Wildman–Crippen LogP) is 12.6. The van der Waals surface area contributed by atoms with Gasteiger partial charge in [0.2, 0.25) is 0 Å². The van der Waals surface area contributed by atoms with Crippen molar-refractivity contribution in [3.63, 3.8) is 0 Å². The summed E-state index contributed by atoms with van der Waals surface area (Å²) in [5.74, 6) is -1.35. The molecule has 3 heterocycles. The summed E-state index contributed by atoms with van der Waals surface area (Å²) in [7, 11) is 0. The van der Waals surface area contributed by atoms with Crippen LogP contribution in [0.2, 0.25) is 0 Å². The lowest BCUT2D eigenvalue weighted by Gasteiger charge is -2.27. The number of nitrogens with zero attached hydrogens (tertiary/aromatic N) is 3. The minimum atomic E-state index is -0.938. The highest BCUT2D eigenvalue weighted by Gasteiger charge is 2.42. The third-order valence-electron chi connectivity index (χ3n) is 12.5. The van der Waals surface area contributed by atoms with E-state index in [1.54, 1.807) is 9.80 Å². The molecule has 0 aromatic heterocycles. The van der Waals surface area contributed by atoms with Gasteiger partial charge in [0, 0.05) is 41.2 Å². The SMILES string of the molecule is O=C(O)CCCCCCCCCCCN1C(=O)/C(=C2/S/C(=C/c3ccc4c(c3)C3CCCC3N4c3ccc(C=C(c4ccccc4)c4ccccc4)cc3)CN2CC(=O)O)SC1=S. The molecule has 8 nitrogen and oxygen atoms in total. The van der Waals surface area contributed by atoms with Gasteiger partial charge in [-0.3, -0.25) is 19.3 Å². The quantitative estimate of drug-likeness (QED) is 0.0409. The Labute approximate surface area is 385 Å². The Hall–Kier alpha value is -5.10. The maximum absolute atomic E-state index is 13.8. The van der Waals surface area contributed by atoms with Crippen molar-refractivity contribution >= 4 is 87.0 Å². The largest absolute Gasteiger partial charge is 0.481 e. The Kier molecular flexibility index (Phi) is 14.9. The van der Waals surface area contributed by atoms with E-state index < -0.39 is 11.9 Å². The van der Waals surface area contributed by atoms with Gasteiger partial charge in [-0.05, 0) is 95.5 Å². The molecule has 3 aliphatic heterocycles. The number of hydrogen-bond acceptors (Lipinski definition) is 8. The molecule has 4 aromatic rings. The second kappa shape index (κ2) is 21.1. The van der Waals surface area contributed by atoms with Gasteiger partial charge in [-0.25, -0.2) is 0 Å². The van der Waals surface area contributed by atoms with E-state index in [0.717, 1.165) is 86.7 Å². The lowest BCUT2D eigenvalue weighted by Crippen LogP contribution is -2.30. The summed E-state index contributed by atoms with van der Waals surface area (Å²) in [5.41, 5.74) is 9.62. The standard InChI is InChI=1S/C52H55N3O5S3/c56-47(57)23-14-6-4-2-1-3-5-7-15-30-54-50(60)49(63-52(54)61)51-53(35-48(58)59)34-41(62-51)31-37-26-29-46-44(33-37)42-21-16-22-45(42)55(46)40-27-24-36(25-28-40)32-43(38-17-10-8-11-18-38)39-19-12-9-13-20-39/h8-13,17-20,24-29,31-33,42,45H,1-7,14-16,21-23,30,34-35H2,(H,56,57)(H,58,59)/b41-31+,51-49-. The first-order chi connectivity index (χ1) is 30.7. The summed E-state index contributed by atoms with van der Waals surface area (Å²) in [5, 5.41) is 19.3. The minimum Gasteiger partial charge on any atom is -0.481 e. The van der Waals surface area contributed by atoms with Crippen molar-refractivity contribution in [2.24, 2.45) is 0 Å². The second-order valence-corrected chi connectivity index (χ2v) is 19.7. The van der Waals surface area contributed by atoms with E-state index in [4.69, 9.17) is 17.3 Å². The number of anilines is 2. The van der Waals surface area contributed by atoms with E-state index in [1.807, 2.05) is 0 Å². The van der Waals surface area contributed by atoms with Crippen molar-refractivity contribution in [2.75, 3.05) is 24.5 Å². The van der Waals surface area contributed by atoms with Crippen molar-refractivity contribution in [2.45, 2.75) is 95.4 Å². The van der Waals surface area contributed by atoms with Crippen molar-refractivity contribution < 1.29 is 24.6 Å². The number of carbonyl (C=O) groups excluding carboxylic acids is 1. The molecule has 63 heavy (non-hydrogen) atoms. The first kappa shape index (κ1) is 44.5. The molecule has 8 rings (SSSR count). The number of fused-ring (bicyclic) bond motifs is 3. The molecule has 11 heteroatoms. The van der Waals surface area contributed by atoms with E-state index in [2.05, 4.69) is 120 Å². The highest BCUT2D eigenvalue weighted by molar-refractivity contribution is 8.27. The normalized spacial score (nSPS) is 19.9. The number of aliphatic carboxylic acids is 2. The third-order valence-corrected chi connectivity index (χ3v) is 15.2. The van der Waals surface area contributed by atoms with Crippen LogP contribution in [-0.2, 0) is 14.4 Å². The molecule has 1 amide bonds. The molecule has 2 saturated heterocycles. The number of hydrogen-bond donors (Lipinski definition) is 2. The number of carboxylic acid groups (broad SMARTS) is 2. The van der Waals surface area contributed by atoms with Crippen LogP contribution in [0.5, 0.6) is 0 Å². The number of thioether (sulfide) groups is 2. The summed E-state index contributed by atoms with van der Waals surface area (Å²) < 4.78 is 0.529. The van der Waals surface area contributed by atoms with Gasteiger partial charge in [0.15, 0.2) is 0 Å². The van der Waals surface area contributed by atoms with Crippen molar-refractivity contribution in [1.29, 1.82) is 0 Å². The molecule has 4 aliphatic rings. The van der Waals surface area contributed by atoms with Gasteiger partial charge < -0.3 is 20.0 Å². The molecular weight excluding hydrogens is 843 g/mol. The van der Waals surface area contributed by atoms with Crippen LogP contribution >= 0.6 is 35.7 Å². The Morgan fingerprint density at radius 2 is 1.37 bits per heavy atom. The zero-order chi connectivity index (χ0) is 43.7. The molecule has 326 valence electrons. The number of benzene rings is 4. The summed E-state index contributed by atoms with van der Waals surface area (Å²) >= 11 is 8.47. The minimum absolute atomic E-state index is 0.132. The molecule has 1 saturated carbocycles. The number of amides is 1. The van der Waals surface area contributed by atoms with Crippen molar-refractivity contribution in [3.8, 4) is 0 Å². The van der Waals surface area contributed by atoms with Crippen LogP contribution in [-0.4, -0.2) is 67.9 Å². The van der Waals surface area contributed by atoms with Crippen LogP contribution in [0.3, 0.4) is 0 Å². The average molecular weight is 898 g/mol. The van der Waals surface area contributed by atoms with Crippen molar-refractivity contribution in [1.82, 2.24) is 9.80 Å². The molecule has 2 N–H and O–H groups in total. The molecule has 3 fully saturated rings. The summed E-state index contributed by atoms with van der Waals surface area (Å²) in [4.78, 5) is 44.1. The molecular formula is C52H55N3O5S3. The van der Waals surface area contributed by atoms with Crippen LogP contribution in [0.1, 0.15) is 117 Å². The topological polar surface area (TPSA) is 101 Å². The molecule has 0 radical (unpaired) electrons. The maximum atomic E-state index is 13.8. The maximum Gasteiger partial charge on any atom is 0.323 e. The zero-order valence-corrected chi connectivity index (χ0v) is 38.1. The first-order valence-electron chi connectivity index (χ1n) is 22.4. The highest BCUT2D eigenvalue weighted by Crippen LogP contribution is 2.53. The van der Waals surface area contributed by atoms with E-state index in [0.29, 0.717) is 39.3 Å². The molecule has 0 spiro atoms. The van der Waals surface area contributed by atoms with E-state index in [9.17, 15) is 19.5 Å². The fourth-order valence-corrected chi connectivity index (χ4v) is 12.1. The highest BCUT2D eigenvalue weighted by atomic mass is 32.2. The number of unbranched alkanes of at least 4 members (excludes halogenated alkanes) is 8. The molecule has 1 aliphatic carbocycles. The van der Waals surface area contributed by atoms with Gasteiger partial charge >= 0.3 is 11.9 Å². The number of thiocarbonyl (C=S) groups is 1. The lowest BCUT2D eigenvalue weighted by atomic mass is 9.95. The smallest absolute Gasteiger partial charge is 0.323 e. The van der Waals surface area contributed by atoms with Crippen molar-refractivity contribution in [3.05, 3.63) is 146 Å². The first-order valence-corrected chi connectivity index (χ1v) is 24.5. The van der Waals surface area contributed by atoms with Crippen LogP contribution in [0.4, 0.5) is 11.4 Å². The lowest BCUT2D eigenvalue weighted by molar-refractivity contribution is -0.138. The fraction of sp³-hybridized carbons (Fsp3) is 0.346. The van der Waals surface area contributed by atoms with E-state index in [-0.39, 0.29) is 18.9 Å². The molecule has 0 bridgehead atoms. The van der Waals surface area contributed by atoms with Crippen LogP contribution < -0.4 is 4.90 Å². The van der Waals surface area contributed by atoms with Gasteiger partial charge in [0.25, 0.3) is 5.91 Å². The van der Waals surface area contributed by atoms with Gasteiger partial charge in [-0.15, -0.1) is 0 Å². The molecule has 2 atom stereocenters. The number of carbonyl (C=O) groups is 3. The Balaban J connectivity index is 0.937. The van der Waals surface area contributed by atoms with Gasteiger partial charge in [-0.2, -0.15) is 0 Å². The van der Waals surface area contributed by atoms with Crippen LogP contribution in [0.15, 0.2) is 118 Å². The van der Waals surface area contributed by atoms with Gasteiger partial charge in [0.1, 0.15) is 15.8 Å². The summed E-state index contributed by atoms with van der Waals surface area (Å²) in [6.07, 6.45) is 17.3. The number of carboxylic acids is 2. The Bertz CT molecular complexity index is 2360. The van der Waals surface area contributed by atoms with Crippen LogP contribution in [0, 0.1) is 0 Å². The summed E-state index contributed by atoms with van der Waals surface area (Å²) in [6.45, 7) is 0.783. The Morgan fingerprint density at radius 1 is 0.730 bits per heavy atom. The van der Waals surface area contributed by atoms with Gasteiger partial charge in [-0.1, -0.05) is 166 Å². The molecule has 2 unspecified atom stereocenters. The van der Waals surface area contributed by atoms with Gasteiger partial charge in [0.05, 0.1) is 11.6 Å². The van der Waals surface area contributed by atoms with E-state index in [1.165, 1.54) is 63.6 Å². The number of rotatable bonds is 19. The third kappa shape index (κ3) is 10.8. The average Bonchev–Trinajstić information content (AvgIpc) is 4.05. The van der Waals surface area contributed by atoms with E-state index >= 15 is 0 Å². The monoisotopic (exact) mass is 897 g/mol. The fourth-order valence-electron chi connectivity index (χ4n) is 9.49. The predicted molar refractivity (Wildman–Crippen MR) is 263 cm³/mol. The second-order valence-electron chi connectivity index (χ2n) is 16.9. The van der Waals surface area contributed by atoms with Crippen LogP contribution in [0.25, 0.3) is 17.7 Å².